The molecule has 0 aliphatic carbocycles. The Kier molecular flexibility index (Phi) is 6.88. The van der Waals surface area contributed by atoms with Crippen molar-refractivity contribution in [1.82, 2.24) is 24.8 Å². The van der Waals surface area contributed by atoms with Crippen LogP contribution in [0, 0.1) is 11.6 Å². The summed E-state index contributed by atoms with van der Waals surface area (Å²) in [5.74, 6) is -0.646. The average Bonchev–Trinajstić information content (AvgIpc) is 3.67. The highest BCUT2D eigenvalue weighted by Gasteiger charge is 2.25. The van der Waals surface area contributed by atoms with E-state index in [1.54, 1.807) is 65.5 Å². The Balaban J connectivity index is 1.36. The maximum absolute atomic E-state index is 13.6. The Bertz CT molecular complexity index is 1800. The second-order valence-corrected chi connectivity index (χ2v) is 9.82. The molecule has 0 radical (unpaired) electrons. The van der Waals surface area contributed by atoms with Crippen LogP contribution in [0.15, 0.2) is 107 Å². The van der Waals surface area contributed by atoms with E-state index < -0.39 is 6.04 Å². The number of rotatable bonds is 7. The zero-order valence-electron chi connectivity index (χ0n) is 21.0. The molecule has 0 saturated heterocycles. The van der Waals surface area contributed by atoms with Crippen LogP contribution < -0.4 is 5.56 Å². The average molecular weight is 555 g/mol. The van der Waals surface area contributed by atoms with Gasteiger partial charge < -0.3 is 4.57 Å². The number of benzene rings is 3. The molecule has 3 heterocycles. The monoisotopic (exact) mass is 554 g/mol. The highest BCUT2D eigenvalue weighted by molar-refractivity contribution is 6.31. The summed E-state index contributed by atoms with van der Waals surface area (Å²) in [6, 6.07) is 20.7. The lowest BCUT2D eigenvalue weighted by molar-refractivity contribution is 0.602. The Hall–Kier alpha value is -4.76. The van der Waals surface area contributed by atoms with E-state index in [9.17, 15) is 13.6 Å². The fraction of sp³-hybridized carbons (Fsp3) is 0.100. The van der Waals surface area contributed by atoms with E-state index in [1.807, 2.05) is 6.07 Å². The summed E-state index contributed by atoms with van der Waals surface area (Å²) in [6.07, 6.45) is 5.87. The SMILES string of the molecule is O=c1cc(-c2cc(Cl)ccc2-n2cnnn2)ccn1[C@@H](Cc1ccc(F)cc1)C1=NC=C(c2ccc(F)cc2)C1. The fourth-order valence-corrected chi connectivity index (χ4v) is 5.01. The predicted molar refractivity (Wildman–Crippen MR) is 149 cm³/mol. The maximum atomic E-state index is 13.6. The van der Waals surface area contributed by atoms with Crippen LogP contribution in [-0.4, -0.2) is 30.5 Å². The lowest BCUT2D eigenvalue weighted by Gasteiger charge is -2.22. The number of nitrogens with zero attached hydrogens (tertiary/aromatic N) is 6. The standard InChI is InChI=1S/C30H21ClF2N6O/c31-23-5-10-28(39-18-35-36-37-39)26(16-23)21-11-12-38(30(40)15-21)29(13-19-1-6-24(32)7-2-19)27-14-22(17-34-27)20-3-8-25(33)9-4-20/h1-12,15-18,29H,13-14H2/t29-/m0/s1. The summed E-state index contributed by atoms with van der Waals surface area (Å²) < 4.78 is 30.2. The largest absolute Gasteiger partial charge is 0.306 e. The smallest absolute Gasteiger partial charge is 0.251 e. The van der Waals surface area contributed by atoms with Crippen LogP contribution >= 0.6 is 11.6 Å². The van der Waals surface area contributed by atoms with Crippen LogP contribution in [0.2, 0.25) is 5.02 Å². The van der Waals surface area contributed by atoms with Crippen molar-refractivity contribution < 1.29 is 8.78 Å². The summed E-state index contributed by atoms with van der Waals surface area (Å²) in [5, 5.41) is 11.9. The number of halogens is 3. The van der Waals surface area contributed by atoms with E-state index in [-0.39, 0.29) is 17.2 Å². The van der Waals surface area contributed by atoms with Crippen LogP contribution in [0.3, 0.4) is 0 Å². The number of tetrazole rings is 1. The van der Waals surface area contributed by atoms with Crippen molar-refractivity contribution >= 4 is 22.9 Å². The van der Waals surface area contributed by atoms with E-state index in [1.165, 1.54) is 35.3 Å². The lowest BCUT2D eigenvalue weighted by atomic mass is 9.95. The van der Waals surface area contributed by atoms with Gasteiger partial charge in [0.15, 0.2) is 0 Å². The molecule has 0 saturated carbocycles. The van der Waals surface area contributed by atoms with Crippen LogP contribution in [0.4, 0.5) is 8.78 Å². The van der Waals surface area contributed by atoms with Gasteiger partial charge in [-0.2, -0.15) is 4.68 Å². The van der Waals surface area contributed by atoms with E-state index >= 15 is 0 Å². The highest BCUT2D eigenvalue weighted by atomic mass is 35.5. The van der Waals surface area contributed by atoms with Crippen molar-refractivity contribution in [3.8, 4) is 16.8 Å². The third-order valence-electron chi connectivity index (χ3n) is 6.85. The first-order valence-corrected chi connectivity index (χ1v) is 12.8. The van der Waals surface area contributed by atoms with Gasteiger partial charge >= 0.3 is 0 Å². The molecule has 198 valence electrons. The minimum absolute atomic E-state index is 0.245. The molecule has 0 fully saturated rings. The van der Waals surface area contributed by atoms with Crippen LogP contribution in [0.1, 0.15) is 23.6 Å². The topological polar surface area (TPSA) is 78.0 Å². The van der Waals surface area contributed by atoms with E-state index in [0.717, 1.165) is 22.4 Å². The van der Waals surface area contributed by atoms with Gasteiger partial charge in [0.1, 0.15) is 18.0 Å². The van der Waals surface area contributed by atoms with Crippen molar-refractivity contribution in [2.75, 3.05) is 0 Å². The third kappa shape index (κ3) is 5.23. The Morgan fingerprint density at radius 3 is 2.35 bits per heavy atom. The molecule has 1 aliphatic heterocycles. The molecule has 0 bridgehead atoms. The quantitative estimate of drug-likeness (QED) is 0.244. The van der Waals surface area contributed by atoms with Gasteiger partial charge in [-0.3, -0.25) is 9.79 Å². The van der Waals surface area contributed by atoms with Crippen LogP contribution in [0.25, 0.3) is 22.4 Å². The second-order valence-electron chi connectivity index (χ2n) is 9.38. The zero-order chi connectivity index (χ0) is 27.6. The number of allylic oxidation sites excluding steroid dienone is 1. The van der Waals surface area contributed by atoms with Gasteiger partial charge in [0.2, 0.25) is 0 Å². The van der Waals surface area contributed by atoms with Crippen molar-refractivity contribution in [3.05, 3.63) is 136 Å². The highest BCUT2D eigenvalue weighted by Crippen LogP contribution is 2.31. The third-order valence-corrected chi connectivity index (χ3v) is 7.08. The maximum Gasteiger partial charge on any atom is 0.251 e. The molecular formula is C30H21ClF2N6O. The minimum Gasteiger partial charge on any atom is -0.306 e. The number of aromatic nitrogens is 5. The first-order chi connectivity index (χ1) is 19.4. The van der Waals surface area contributed by atoms with E-state index in [2.05, 4.69) is 20.5 Å². The molecule has 5 aromatic rings. The van der Waals surface area contributed by atoms with Gasteiger partial charge in [0.25, 0.3) is 5.56 Å². The summed E-state index contributed by atoms with van der Waals surface area (Å²) in [4.78, 5) is 18.3. The van der Waals surface area contributed by atoms with E-state index in [4.69, 9.17) is 11.6 Å². The second kappa shape index (κ2) is 10.8. The molecule has 0 amide bonds. The number of pyridine rings is 1. The minimum atomic E-state index is -0.431. The summed E-state index contributed by atoms with van der Waals surface area (Å²) in [7, 11) is 0. The van der Waals surface area contributed by atoms with Crippen molar-refractivity contribution in [3.63, 3.8) is 0 Å². The predicted octanol–water partition coefficient (Wildman–Crippen LogP) is 6.09. The molecular weight excluding hydrogens is 534 g/mol. The summed E-state index contributed by atoms with van der Waals surface area (Å²) >= 11 is 6.30. The van der Waals surface area contributed by atoms with Gasteiger partial charge in [-0.1, -0.05) is 35.9 Å². The van der Waals surface area contributed by atoms with Gasteiger partial charge in [0.05, 0.1) is 11.7 Å². The molecule has 6 rings (SSSR count). The fourth-order valence-electron chi connectivity index (χ4n) is 4.84. The van der Waals surface area contributed by atoms with E-state index in [0.29, 0.717) is 34.7 Å². The number of hydrogen-bond donors (Lipinski definition) is 0. The van der Waals surface area contributed by atoms with Crippen LogP contribution in [0.5, 0.6) is 0 Å². The molecule has 2 aromatic heterocycles. The molecule has 0 spiro atoms. The molecule has 0 N–H and O–H groups in total. The first-order valence-electron chi connectivity index (χ1n) is 12.5. The first kappa shape index (κ1) is 25.5. The molecule has 10 heteroatoms. The number of hydrogen-bond acceptors (Lipinski definition) is 5. The Labute approximate surface area is 232 Å². The molecule has 40 heavy (non-hydrogen) atoms. The number of aliphatic imine (C=N–C) groups is 1. The Morgan fingerprint density at radius 2 is 1.65 bits per heavy atom. The molecule has 0 unspecified atom stereocenters. The van der Waals surface area contributed by atoms with Gasteiger partial charge in [-0.15, -0.1) is 5.10 Å². The van der Waals surface area contributed by atoms with Crippen LogP contribution in [-0.2, 0) is 6.42 Å². The lowest BCUT2D eigenvalue weighted by Crippen LogP contribution is -2.30. The van der Waals surface area contributed by atoms with Crippen molar-refractivity contribution in [2.24, 2.45) is 4.99 Å². The zero-order valence-corrected chi connectivity index (χ0v) is 21.7. The normalized spacial score (nSPS) is 13.7. The summed E-state index contributed by atoms with van der Waals surface area (Å²) in [5.41, 5.74) is 5.18. The molecule has 7 nitrogen and oxygen atoms in total. The van der Waals surface area contributed by atoms with Gasteiger partial charge in [-0.25, -0.2) is 8.78 Å². The van der Waals surface area contributed by atoms with Gasteiger partial charge in [-0.05, 0) is 87.6 Å². The van der Waals surface area contributed by atoms with Gasteiger partial charge in [0, 0.05) is 41.2 Å². The Morgan fingerprint density at radius 1 is 0.900 bits per heavy atom. The molecule has 1 aliphatic rings. The molecule has 1 atom stereocenters. The van der Waals surface area contributed by atoms with Crippen molar-refractivity contribution in [1.29, 1.82) is 0 Å². The summed E-state index contributed by atoms with van der Waals surface area (Å²) in [6.45, 7) is 0. The molecule has 3 aromatic carbocycles. The van der Waals surface area contributed by atoms with Crippen molar-refractivity contribution in [2.45, 2.75) is 18.9 Å².